The standard InChI is InChI=1S/C14H22N3.ClH/c1-12(13-8-6-5-7-9-13)17(4)14-15(2)10-11-16(14)3;/h5-9,12H,10-11H2,1-4H3;1H/q+1;/p-1/t12-;/m0./s1. The molecular formula is C14H22ClN3. The monoisotopic (exact) mass is 267 g/mol. The molecule has 1 heterocycles. The summed E-state index contributed by atoms with van der Waals surface area (Å²) in [4.78, 5) is 4.67. The molecule has 1 aromatic rings. The van der Waals surface area contributed by atoms with E-state index < -0.39 is 0 Å². The van der Waals surface area contributed by atoms with Crippen molar-refractivity contribution in [1.82, 2.24) is 9.80 Å². The minimum Gasteiger partial charge on any atom is -1.00 e. The molecule has 0 saturated carbocycles. The molecule has 3 nitrogen and oxygen atoms in total. The molecule has 0 spiro atoms. The maximum Gasteiger partial charge on any atom is 0.350 e. The van der Waals surface area contributed by atoms with E-state index >= 15 is 0 Å². The Hall–Kier alpha value is -1.22. The number of likely N-dealkylation sites (N-methyl/N-ethyl adjacent to an activating group) is 2. The number of hydrogen-bond acceptors (Lipinski definition) is 2. The molecule has 0 N–H and O–H groups in total. The molecule has 1 aliphatic heterocycles. The van der Waals surface area contributed by atoms with E-state index in [0.717, 1.165) is 13.1 Å². The number of halogens is 1. The minimum atomic E-state index is 0. The quantitative estimate of drug-likeness (QED) is 0.612. The summed E-state index contributed by atoms with van der Waals surface area (Å²) in [5, 5.41) is 0. The Kier molecular flexibility index (Phi) is 5.03. The van der Waals surface area contributed by atoms with Crippen molar-refractivity contribution in [1.29, 1.82) is 0 Å². The van der Waals surface area contributed by atoms with Crippen molar-refractivity contribution in [2.75, 3.05) is 34.2 Å². The highest BCUT2D eigenvalue weighted by Crippen LogP contribution is 2.20. The van der Waals surface area contributed by atoms with Crippen LogP contribution in [0, 0.1) is 0 Å². The Balaban J connectivity index is 0.00000162. The van der Waals surface area contributed by atoms with Crippen molar-refractivity contribution < 1.29 is 17.0 Å². The van der Waals surface area contributed by atoms with Gasteiger partial charge in [0.2, 0.25) is 0 Å². The fourth-order valence-corrected chi connectivity index (χ4v) is 2.46. The first-order valence-corrected chi connectivity index (χ1v) is 6.18. The summed E-state index contributed by atoms with van der Waals surface area (Å²) < 4.78 is 2.32. The average Bonchev–Trinajstić information content (AvgIpc) is 2.68. The van der Waals surface area contributed by atoms with Crippen molar-refractivity contribution >= 4 is 5.96 Å². The van der Waals surface area contributed by atoms with E-state index in [2.05, 4.69) is 72.8 Å². The van der Waals surface area contributed by atoms with Crippen LogP contribution in [0.5, 0.6) is 0 Å². The second-order valence-corrected chi connectivity index (χ2v) is 4.84. The largest absolute Gasteiger partial charge is 1.00 e. The first kappa shape index (κ1) is 14.8. The third-order valence-electron chi connectivity index (χ3n) is 3.63. The molecule has 1 aliphatic rings. The van der Waals surface area contributed by atoms with Crippen molar-refractivity contribution in [3.63, 3.8) is 0 Å². The van der Waals surface area contributed by atoms with E-state index in [1.807, 2.05) is 0 Å². The molecular weight excluding hydrogens is 246 g/mol. The van der Waals surface area contributed by atoms with Crippen LogP contribution in [0.15, 0.2) is 30.3 Å². The normalized spacial score (nSPS) is 16.6. The fraction of sp³-hybridized carbons (Fsp3) is 0.500. The van der Waals surface area contributed by atoms with Gasteiger partial charge in [-0.2, -0.15) is 0 Å². The van der Waals surface area contributed by atoms with Crippen LogP contribution in [-0.4, -0.2) is 54.6 Å². The summed E-state index contributed by atoms with van der Waals surface area (Å²) in [7, 11) is 6.49. The predicted octanol–water partition coefficient (Wildman–Crippen LogP) is -1.37. The van der Waals surface area contributed by atoms with Gasteiger partial charge in [-0.3, -0.25) is 14.4 Å². The number of rotatable bonds is 2. The third-order valence-corrected chi connectivity index (χ3v) is 3.63. The lowest BCUT2D eigenvalue weighted by Gasteiger charge is -2.24. The van der Waals surface area contributed by atoms with Gasteiger partial charge in [0.05, 0.1) is 40.3 Å². The maximum atomic E-state index is 2.35. The second-order valence-electron chi connectivity index (χ2n) is 4.84. The van der Waals surface area contributed by atoms with E-state index in [1.54, 1.807) is 0 Å². The molecule has 18 heavy (non-hydrogen) atoms. The van der Waals surface area contributed by atoms with Crippen molar-refractivity contribution in [2.45, 2.75) is 13.0 Å². The van der Waals surface area contributed by atoms with E-state index in [-0.39, 0.29) is 12.4 Å². The van der Waals surface area contributed by atoms with Crippen molar-refractivity contribution in [3.8, 4) is 0 Å². The van der Waals surface area contributed by atoms with Gasteiger partial charge >= 0.3 is 5.96 Å². The number of hydrogen-bond donors (Lipinski definition) is 0. The Morgan fingerprint density at radius 1 is 1.28 bits per heavy atom. The van der Waals surface area contributed by atoms with E-state index in [9.17, 15) is 0 Å². The zero-order valence-corrected chi connectivity index (χ0v) is 12.4. The van der Waals surface area contributed by atoms with Gasteiger partial charge in [0.1, 0.15) is 0 Å². The topological polar surface area (TPSA) is 9.49 Å². The second kappa shape index (κ2) is 6.10. The Morgan fingerprint density at radius 2 is 1.89 bits per heavy atom. The highest BCUT2D eigenvalue weighted by Gasteiger charge is 2.31. The maximum absolute atomic E-state index is 2.35. The van der Waals surface area contributed by atoms with Crippen molar-refractivity contribution in [2.24, 2.45) is 0 Å². The zero-order valence-electron chi connectivity index (χ0n) is 11.6. The van der Waals surface area contributed by atoms with Gasteiger partial charge in [-0.1, -0.05) is 30.3 Å². The smallest absolute Gasteiger partial charge is 0.350 e. The molecule has 4 heteroatoms. The highest BCUT2D eigenvalue weighted by atomic mass is 35.5. The zero-order chi connectivity index (χ0) is 12.4. The molecule has 0 bridgehead atoms. The van der Waals surface area contributed by atoms with Crippen LogP contribution in [0.25, 0.3) is 0 Å². The minimum absolute atomic E-state index is 0. The van der Waals surface area contributed by atoms with E-state index in [1.165, 1.54) is 11.5 Å². The van der Waals surface area contributed by atoms with Crippen LogP contribution in [-0.2, 0) is 0 Å². The van der Waals surface area contributed by atoms with Gasteiger partial charge in [-0.05, 0) is 12.5 Å². The molecule has 2 rings (SSSR count). The third kappa shape index (κ3) is 2.78. The summed E-state index contributed by atoms with van der Waals surface area (Å²) in [6.07, 6.45) is 0. The lowest BCUT2D eigenvalue weighted by atomic mass is 10.1. The lowest BCUT2D eigenvalue weighted by molar-refractivity contribution is -0.491. The Bertz CT molecular complexity index is 416. The summed E-state index contributed by atoms with van der Waals surface area (Å²) >= 11 is 0. The summed E-state index contributed by atoms with van der Waals surface area (Å²) in [5.74, 6) is 1.31. The molecule has 0 aromatic heterocycles. The van der Waals surface area contributed by atoms with Crippen molar-refractivity contribution in [3.05, 3.63) is 35.9 Å². The van der Waals surface area contributed by atoms with Gasteiger partial charge in [0.15, 0.2) is 0 Å². The molecule has 1 aromatic carbocycles. The molecule has 1 atom stereocenters. The van der Waals surface area contributed by atoms with Crippen LogP contribution in [0.1, 0.15) is 18.5 Å². The van der Waals surface area contributed by atoms with Crippen LogP contribution >= 0.6 is 0 Å². The fourth-order valence-electron chi connectivity index (χ4n) is 2.46. The van der Waals surface area contributed by atoms with Crippen LogP contribution < -0.4 is 12.4 Å². The average molecular weight is 268 g/mol. The Labute approximate surface area is 116 Å². The van der Waals surface area contributed by atoms with Crippen LogP contribution in [0.3, 0.4) is 0 Å². The van der Waals surface area contributed by atoms with Gasteiger partial charge in [-0.25, -0.2) is 0 Å². The summed E-state index contributed by atoms with van der Waals surface area (Å²) in [6.45, 7) is 4.47. The summed E-state index contributed by atoms with van der Waals surface area (Å²) in [5.41, 5.74) is 1.36. The number of benzene rings is 1. The molecule has 0 amide bonds. The van der Waals surface area contributed by atoms with E-state index in [4.69, 9.17) is 0 Å². The van der Waals surface area contributed by atoms with Gasteiger partial charge in [0.25, 0.3) is 0 Å². The number of nitrogens with zero attached hydrogens (tertiary/aromatic N) is 3. The van der Waals surface area contributed by atoms with Gasteiger partial charge in [-0.15, -0.1) is 0 Å². The number of guanidine groups is 1. The van der Waals surface area contributed by atoms with Crippen LogP contribution in [0.2, 0.25) is 0 Å². The van der Waals surface area contributed by atoms with Crippen LogP contribution in [0.4, 0.5) is 0 Å². The SMILES string of the molecule is C[C@@H](c1ccccc1)N(C)C1=[N+](C)CCN1C.[Cl-]. The Morgan fingerprint density at radius 3 is 2.39 bits per heavy atom. The molecule has 0 fully saturated rings. The predicted molar refractivity (Wildman–Crippen MR) is 71.3 cm³/mol. The molecule has 0 aliphatic carbocycles. The lowest BCUT2D eigenvalue weighted by Crippen LogP contribution is -3.00. The molecule has 0 radical (unpaired) electrons. The molecule has 0 unspecified atom stereocenters. The van der Waals surface area contributed by atoms with Gasteiger partial charge < -0.3 is 12.4 Å². The molecule has 0 saturated heterocycles. The highest BCUT2D eigenvalue weighted by molar-refractivity contribution is 5.76. The van der Waals surface area contributed by atoms with Gasteiger partial charge in [0, 0.05) is 0 Å². The summed E-state index contributed by atoms with van der Waals surface area (Å²) in [6, 6.07) is 11.1. The first-order chi connectivity index (χ1) is 8.11. The van der Waals surface area contributed by atoms with E-state index in [0.29, 0.717) is 6.04 Å². The first-order valence-electron chi connectivity index (χ1n) is 6.18. The molecule has 100 valence electrons.